The van der Waals surface area contributed by atoms with Gasteiger partial charge in [-0.2, -0.15) is 0 Å². The molecular weight excluding hydrogens is 691 g/mol. The minimum atomic E-state index is 0.695. The SMILES string of the molecule is c1ccc(-c2nc(-c3cccc4oc5cc(-c6ccc(-n7c8ccccc8c8cc9ccccc9cc87)cc6)ccc5c34)nc3c2sc2ccccc23)cc1. The molecule has 0 aliphatic rings. The Balaban J connectivity index is 0.978. The highest BCUT2D eigenvalue weighted by Gasteiger charge is 2.20. The molecule has 0 N–H and O–H groups in total. The Morgan fingerprint density at radius 3 is 2.09 bits per heavy atom. The number of furan rings is 1. The standard InChI is InChI=1S/C50H29N3OS/c1-2-11-31(12-3-1)47-49-48(38-16-7-9-20-45(38)55-49)52-50(51-47)39-17-10-19-43-46(39)37-26-23-34(29-44(37)54-43)30-21-24-35(25-22-30)53-41-18-8-6-15-36(41)40-27-32-13-4-5-14-33(32)28-42(40)53/h1-29H. The van der Waals surface area contributed by atoms with Crippen molar-refractivity contribution in [3.63, 3.8) is 0 Å². The average Bonchev–Trinajstić information content (AvgIpc) is 3.92. The van der Waals surface area contributed by atoms with Crippen LogP contribution in [-0.4, -0.2) is 14.5 Å². The molecular formula is C50H29N3OS. The largest absolute Gasteiger partial charge is 0.456 e. The van der Waals surface area contributed by atoms with E-state index >= 15 is 0 Å². The third-order valence-corrected chi connectivity index (χ3v) is 12.2. The molecule has 0 spiro atoms. The first-order valence-corrected chi connectivity index (χ1v) is 19.3. The summed E-state index contributed by atoms with van der Waals surface area (Å²) in [5.74, 6) is 0.695. The first-order valence-electron chi connectivity index (χ1n) is 18.5. The zero-order valence-corrected chi connectivity index (χ0v) is 30.2. The molecule has 0 atom stereocenters. The lowest BCUT2D eigenvalue weighted by Crippen LogP contribution is -1.94. The van der Waals surface area contributed by atoms with Crippen LogP contribution in [0.25, 0.3) is 114 Å². The third-order valence-electron chi connectivity index (χ3n) is 11.0. The maximum atomic E-state index is 6.59. The van der Waals surface area contributed by atoms with Crippen molar-refractivity contribution < 1.29 is 4.42 Å². The highest BCUT2D eigenvalue weighted by atomic mass is 32.1. The quantitative estimate of drug-likeness (QED) is 0.182. The molecule has 0 unspecified atom stereocenters. The summed E-state index contributed by atoms with van der Waals surface area (Å²) >= 11 is 1.75. The lowest BCUT2D eigenvalue weighted by atomic mass is 10.0. The van der Waals surface area contributed by atoms with E-state index in [9.17, 15) is 0 Å². The molecule has 12 aromatic rings. The monoisotopic (exact) mass is 719 g/mol. The summed E-state index contributed by atoms with van der Waals surface area (Å²) in [4.78, 5) is 10.5. The number of hydrogen-bond acceptors (Lipinski definition) is 4. The van der Waals surface area contributed by atoms with E-state index in [1.807, 2.05) is 18.2 Å². The van der Waals surface area contributed by atoms with Crippen LogP contribution in [0.5, 0.6) is 0 Å². The summed E-state index contributed by atoms with van der Waals surface area (Å²) in [5, 5.41) is 8.23. The van der Waals surface area contributed by atoms with Crippen LogP contribution in [0.1, 0.15) is 0 Å². The van der Waals surface area contributed by atoms with E-state index in [4.69, 9.17) is 14.4 Å². The van der Waals surface area contributed by atoms with Gasteiger partial charge in [-0.1, -0.05) is 121 Å². The van der Waals surface area contributed by atoms with E-state index in [0.717, 1.165) is 71.2 Å². The fourth-order valence-electron chi connectivity index (χ4n) is 8.43. The normalized spacial score (nSPS) is 12.0. The van der Waals surface area contributed by atoms with Crippen molar-refractivity contribution in [3.8, 4) is 39.5 Å². The van der Waals surface area contributed by atoms with Gasteiger partial charge in [0.25, 0.3) is 0 Å². The first kappa shape index (κ1) is 30.4. The Bertz CT molecular complexity index is 3480. The molecule has 55 heavy (non-hydrogen) atoms. The summed E-state index contributed by atoms with van der Waals surface area (Å²) < 4.78 is 11.3. The van der Waals surface area contributed by atoms with E-state index in [-0.39, 0.29) is 0 Å². The number of thiophene rings is 1. The second-order valence-corrected chi connectivity index (χ2v) is 15.2. The van der Waals surface area contributed by atoms with E-state index in [2.05, 4.69) is 162 Å². The van der Waals surface area contributed by atoms with E-state index in [0.29, 0.717) is 5.82 Å². The van der Waals surface area contributed by atoms with Gasteiger partial charge in [0.05, 0.1) is 26.9 Å². The molecule has 4 heterocycles. The van der Waals surface area contributed by atoms with Crippen LogP contribution >= 0.6 is 11.3 Å². The lowest BCUT2D eigenvalue weighted by molar-refractivity contribution is 0.669. The number of nitrogens with zero attached hydrogens (tertiary/aromatic N) is 3. The maximum Gasteiger partial charge on any atom is 0.161 e. The van der Waals surface area contributed by atoms with Crippen molar-refractivity contribution in [3.05, 3.63) is 176 Å². The van der Waals surface area contributed by atoms with Crippen molar-refractivity contribution in [1.29, 1.82) is 0 Å². The van der Waals surface area contributed by atoms with Gasteiger partial charge >= 0.3 is 0 Å². The van der Waals surface area contributed by atoms with Crippen LogP contribution in [0.3, 0.4) is 0 Å². The van der Waals surface area contributed by atoms with Crippen molar-refractivity contribution in [2.75, 3.05) is 0 Å². The molecule has 0 aliphatic carbocycles. The van der Waals surface area contributed by atoms with Gasteiger partial charge in [0.15, 0.2) is 5.82 Å². The number of hydrogen-bond donors (Lipinski definition) is 0. The molecule has 12 rings (SSSR count). The predicted molar refractivity (Wildman–Crippen MR) is 230 cm³/mol. The smallest absolute Gasteiger partial charge is 0.161 e. The second-order valence-electron chi connectivity index (χ2n) is 14.1. The van der Waals surface area contributed by atoms with E-state index in [1.54, 1.807) is 11.3 Å². The van der Waals surface area contributed by atoms with E-state index < -0.39 is 0 Å². The topological polar surface area (TPSA) is 43.9 Å². The minimum Gasteiger partial charge on any atom is -0.456 e. The van der Waals surface area contributed by atoms with Crippen LogP contribution in [0.4, 0.5) is 0 Å². The molecule has 0 saturated carbocycles. The number of fused-ring (bicyclic) bond motifs is 10. The van der Waals surface area contributed by atoms with Gasteiger partial charge < -0.3 is 8.98 Å². The molecule has 0 aliphatic heterocycles. The van der Waals surface area contributed by atoms with Gasteiger partial charge in [-0.15, -0.1) is 11.3 Å². The van der Waals surface area contributed by atoms with E-state index in [1.165, 1.54) is 37.3 Å². The van der Waals surface area contributed by atoms with Crippen LogP contribution in [0, 0.1) is 0 Å². The number of rotatable bonds is 4. The zero-order valence-electron chi connectivity index (χ0n) is 29.4. The van der Waals surface area contributed by atoms with Crippen LogP contribution in [0.2, 0.25) is 0 Å². The molecule has 4 aromatic heterocycles. The van der Waals surface area contributed by atoms with Gasteiger partial charge in [-0.25, -0.2) is 9.97 Å². The van der Waals surface area contributed by atoms with Crippen LogP contribution < -0.4 is 0 Å². The predicted octanol–water partition coefficient (Wildman–Crippen LogP) is 14.0. The van der Waals surface area contributed by atoms with Gasteiger partial charge in [0.2, 0.25) is 0 Å². The van der Waals surface area contributed by atoms with Gasteiger partial charge in [-0.3, -0.25) is 0 Å². The molecule has 0 fully saturated rings. The molecule has 0 radical (unpaired) electrons. The van der Waals surface area contributed by atoms with Crippen molar-refractivity contribution in [2.24, 2.45) is 0 Å². The molecule has 0 amide bonds. The Kier molecular flexibility index (Phi) is 6.47. The summed E-state index contributed by atoms with van der Waals surface area (Å²) in [5.41, 5.74) is 11.4. The fourth-order valence-corrected chi connectivity index (χ4v) is 9.58. The summed E-state index contributed by atoms with van der Waals surface area (Å²) in [6.45, 7) is 0. The fraction of sp³-hybridized carbons (Fsp3) is 0. The highest BCUT2D eigenvalue weighted by molar-refractivity contribution is 7.26. The van der Waals surface area contributed by atoms with Crippen molar-refractivity contribution >= 4 is 86.2 Å². The van der Waals surface area contributed by atoms with Gasteiger partial charge in [0, 0.05) is 48.4 Å². The Morgan fingerprint density at radius 1 is 0.473 bits per heavy atom. The second kappa shape index (κ2) is 11.7. The van der Waals surface area contributed by atoms with Crippen LogP contribution in [0.15, 0.2) is 180 Å². The lowest BCUT2D eigenvalue weighted by Gasteiger charge is -2.10. The average molecular weight is 720 g/mol. The Hall–Kier alpha value is -7.08. The highest BCUT2D eigenvalue weighted by Crippen LogP contribution is 2.42. The number of aromatic nitrogens is 3. The molecule has 4 nitrogen and oxygen atoms in total. The molecule has 8 aromatic carbocycles. The van der Waals surface area contributed by atoms with Crippen LogP contribution in [-0.2, 0) is 0 Å². The minimum absolute atomic E-state index is 0.695. The summed E-state index contributed by atoms with van der Waals surface area (Å²) in [7, 11) is 0. The Labute approximate surface area is 319 Å². The molecule has 0 bridgehead atoms. The number of benzene rings is 8. The maximum absolute atomic E-state index is 6.59. The van der Waals surface area contributed by atoms with Gasteiger partial charge in [-0.05, 0) is 76.5 Å². The molecule has 5 heteroatoms. The summed E-state index contributed by atoms with van der Waals surface area (Å²) in [6.07, 6.45) is 0. The third kappa shape index (κ3) is 4.64. The first-order chi connectivity index (χ1) is 27.2. The summed E-state index contributed by atoms with van der Waals surface area (Å²) in [6, 6.07) is 62.5. The zero-order chi connectivity index (χ0) is 36.0. The molecule has 0 saturated heterocycles. The Morgan fingerprint density at radius 2 is 1.22 bits per heavy atom. The molecule has 256 valence electrons. The van der Waals surface area contributed by atoms with Crippen molar-refractivity contribution in [1.82, 2.24) is 14.5 Å². The number of para-hydroxylation sites is 1. The van der Waals surface area contributed by atoms with Gasteiger partial charge in [0.1, 0.15) is 11.2 Å². The van der Waals surface area contributed by atoms with Crippen molar-refractivity contribution in [2.45, 2.75) is 0 Å².